The van der Waals surface area contributed by atoms with Crippen LogP contribution in [0, 0.1) is 5.82 Å². The number of benzene rings is 1. The van der Waals surface area contributed by atoms with Crippen LogP contribution in [0.2, 0.25) is 0 Å². The fourth-order valence-electron chi connectivity index (χ4n) is 1.22. The molecule has 0 aliphatic carbocycles. The second-order valence-electron chi connectivity index (χ2n) is 2.95. The fourth-order valence-corrected chi connectivity index (χ4v) is 1.58. The van der Waals surface area contributed by atoms with Crippen molar-refractivity contribution in [2.45, 2.75) is 6.54 Å². The highest BCUT2D eigenvalue weighted by atomic mass is 79.9. The van der Waals surface area contributed by atoms with E-state index in [0.717, 1.165) is 10.3 Å². The standard InChI is InChI=1S/C10H8BrFN2/c11-10-13-5-6-14(10)7-8-1-3-9(12)4-2-8/h1-6H,7H2. The molecule has 0 spiro atoms. The number of halogens is 2. The van der Waals surface area contributed by atoms with Gasteiger partial charge in [0.2, 0.25) is 0 Å². The molecule has 14 heavy (non-hydrogen) atoms. The summed E-state index contributed by atoms with van der Waals surface area (Å²) in [5, 5.41) is 0. The Morgan fingerprint density at radius 2 is 2.00 bits per heavy atom. The van der Waals surface area contributed by atoms with Crippen molar-refractivity contribution in [3.63, 3.8) is 0 Å². The summed E-state index contributed by atoms with van der Waals surface area (Å²) in [7, 11) is 0. The van der Waals surface area contributed by atoms with Gasteiger partial charge in [-0.15, -0.1) is 0 Å². The van der Waals surface area contributed by atoms with Gasteiger partial charge in [0.05, 0.1) is 0 Å². The average Bonchev–Trinajstić information content (AvgIpc) is 2.56. The largest absolute Gasteiger partial charge is 0.321 e. The Morgan fingerprint density at radius 1 is 1.29 bits per heavy atom. The smallest absolute Gasteiger partial charge is 0.177 e. The number of rotatable bonds is 2. The molecule has 0 saturated heterocycles. The molecule has 0 N–H and O–H groups in total. The van der Waals surface area contributed by atoms with Crippen LogP contribution in [0.1, 0.15) is 5.56 Å². The van der Waals surface area contributed by atoms with Crippen molar-refractivity contribution >= 4 is 15.9 Å². The molecule has 2 nitrogen and oxygen atoms in total. The first-order chi connectivity index (χ1) is 6.75. The predicted molar refractivity (Wildman–Crippen MR) is 55.4 cm³/mol. The van der Waals surface area contributed by atoms with Gasteiger partial charge in [0.25, 0.3) is 0 Å². The molecule has 0 aliphatic rings. The van der Waals surface area contributed by atoms with E-state index in [2.05, 4.69) is 20.9 Å². The van der Waals surface area contributed by atoms with Gasteiger partial charge in [0.15, 0.2) is 4.73 Å². The van der Waals surface area contributed by atoms with Gasteiger partial charge in [0.1, 0.15) is 5.82 Å². The monoisotopic (exact) mass is 254 g/mol. The van der Waals surface area contributed by atoms with Crippen LogP contribution in [0.25, 0.3) is 0 Å². The van der Waals surface area contributed by atoms with Crippen molar-refractivity contribution in [1.82, 2.24) is 9.55 Å². The van der Waals surface area contributed by atoms with E-state index in [1.807, 2.05) is 10.8 Å². The van der Waals surface area contributed by atoms with E-state index in [4.69, 9.17) is 0 Å². The lowest BCUT2D eigenvalue weighted by Gasteiger charge is -2.03. The van der Waals surface area contributed by atoms with E-state index in [0.29, 0.717) is 6.54 Å². The molecule has 0 saturated carbocycles. The Balaban J connectivity index is 2.19. The molecule has 1 aromatic carbocycles. The number of hydrogen-bond acceptors (Lipinski definition) is 1. The molecular weight excluding hydrogens is 247 g/mol. The maximum atomic E-state index is 12.6. The van der Waals surface area contributed by atoms with Crippen molar-refractivity contribution in [2.24, 2.45) is 0 Å². The van der Waals surface area contributed by atoms with Crippen molar-refractivity contribution < 1.29 is 4.39 Å². The molecular formula is C10H8BrFN2. The second-order valence-corrected chi connectivity index (χ2v) is 3.66. The summed E-state index contributed by atoms with van der Waals surface area (Å²) in [5.74, 6) is -0.210. The number of aromatic nitrogens is 2. The van der Waals surface area contributed by atoms with Crippen LogP contribution in [0.15, 0.2) is 41.4 Å². The van der Waals surface area contributed by atoms with Crippen LogP contribution in [0.3, 0.4) is 0 Å². The molecule has 2 rings (SSSR count). The minimum atomic E-state index is -0.210. The van der Waals surface area contributed by atoms with Crippen molar-refractivity contribution in [3.8, 4) is 0 Å². The lowest BCUT2D eigenvalue weighted by atomic mass is 10.2. The van der Waals surface area contributed by atoms with Gasteiger partial charge in [0, 0.05) is 18.9 Å². The van der Waals surface area contributed by atoms with Gasteiger partial charge in [-0.05, 0) is 33.6 Å². The van der Waals surface area contributed by atoms with Crippen molar-refractivity contribution in [1.29, 1.82) is 0 Å². The maximum absolute atomic E-state index is 12.6. The Hall–Kier alpha value is -1.16. The summed E-state index contributed by atoms with van der Waals surface area (Å²) >= 11 is 3.32. The Kier molecular flexibility index (Phi) is 2.63. The third kappa shape index (κ3) is 2.01. The second kappa shape index (κ2) is 3.92. The van der Waals surface area contributed by atoms with Gasteiger partial charge < -0.3 is 4.57 Å². The van der Waals surface area contributed by atoms with Crippen molar-refractivity contribution in [3.05, 3.63) is 52.8 Å². The minimum Gasteiger partial charge on any atom is -0.321 e. The summed E-state index contributed by atoms with van der Waals surface area (Å²) in [6, 6.07) is 6.45. The highest BCUT2D eigenvalue weighted by molar-refractivity contribution is 9.10. The molecule has 0 radical (unpaired) electrons. The van der Waals surface area contributed by atoms with Gasteiger partial charge in [-0.3, -0.25) is 0 Å². The van der Waals surface area contributed by atoms with Crippen LogP contribution in [0.4, 0.5) is 4.39 Å². The van der Waals surface area contributed by atoms with Crippen LogP contribution in [-0.2, 0) is 6.54 Å². The quantitative estimate of drug-likeness (QED) is 0.806. The molecule has 72 valence electrons. The Bertz CT molecular complexity index is 422. The lowest BCUT2D eigenvalue weighted by molar-refractivity contribution is 0.626. The van der Waals surface area contributed by atoms with Crippen molar-refractivity contribution in [2.75, 3.05) is 0 Å². The van der Waals surface area contributed by atoms with Gasteiger partial charge in [-0.1, -0.05) is 12.1 Å². The Morgan fingerprint density at radius 3 is 2.57 bits per heavy atom. The first-order valence-electron chi connectivity index (χ1n) is 4.17. The average molecular weight is 255 g/mol. The van der Waals surface area contributed by atoms with Gasteiger partial charge in [-0.2, -0.15) is 0 Å². The summed E-state index contributed by atoms with van der Waals surface area (Å²) in [4.78, 5) is 4.04. The van der Waals surface area contributed by atoms with Gasteiger partial charge >= 0.3 is 0 Å². The van der Waals surface area contributed by atoms with E-state index in [1.165, 1.54) is 12.1 Å². The molecule has 0 atom stereocenters. The molecule has 0 unspecified atom stereocenters. The lowest BCUT2D eigenvalue weighted by Crippen LogP contribution is -1.98. The zero-order valence-electron chi connectivity index (χ0n) is 7.32. The van der Waals surface area contributed by atoms with E-state index >= 15 is 0 Å². The third-order valence-electron chi connectivity index (χ3n) is 1.93. The predicted octanol–water partition coefficient (Wildman–Crippen LogP) is 2.83. The van der Waals surface area contributed by atoms with E-state index in [-0.39, 0.29) is 5.82 Å². The van der Waals surface area contributed by atoms with Crippen LogP contribution in [-0.4, -0.2) is 9.55 Å². The van der Waals surface area contributed by atoms with E-state index in [1.54, 1.807) is 18.3 Å². The summed E-state index contributed by atoms with van der Waals surface area (Å²) < 4.78 is 15.3. The highest BCUT2D eigenvalue weighted by Gasteiger charge is 1.99. The third-order valence-corrected chi connectivity index (χ3v) is 2.59. The van der Waals surface area contributed by atoms with Crippen LogP contribution in [0.5, 0.6) is 0 Å². The molecule has 1 heterocycles. The number of nitrogens with zero attached hydrogens (tertiary/aromatic N) is 2. The van der Waals surface area contributed by atoms with Gasteiger partial charge in [-0.25, -0.2) is 9.37 Å². The summed E-state index contributed by atoms with van der Waals surface area (Å²) in [5.41, 5.74) is 1.05. The molecule has 0 bridgehead atoms. The zero-order chi connectivity index (χ0) is 9.97. The fraction of sp³-hybridized carbons (Fsp3) is 0.100. The summed E-state index contributed by atoms with van der Waals surface area (Å²) in [6.45, 7) is 0.695. The molecule has 2 aromatic rings. The van der Waals surface area contributed by atoms with E-state index < -0.39 is 0 Å². The van der Waals surface area contributed by atoms with Crippen LogP contribution >= 0.6 is 15.9 Å². The molecule has 0 aliphatic heterocycles. The first kappa shape index (κ1) is 9.40. The summed E-state index contributed by atoms with van der Waals surface area (Å²) in [6.07, 6.45) is 3.58. The molecule has 4 heteroatoms. The topological polar surface area (TPSA) is 17.8 Å². The SMILES string of the molecule is Fc1ccc(Cn2ccnc2Br)cc1. The van der Waals surface area contributed by atoms with Crippen LogP contribution < -0.4 is 0 Å². The minimum absolute atomic E-state index is 0.210. The molecule has 0 fully saturated rings. The molecule has 0 amide bonds. The number of hydrogen-bond donors (Lipinski definition) is 0. The Labute approximate surface area is 89.5 Å². The first-order valence-corrected chi connectivity index (χ1v) is 4.96. The normalized spacial score (nSPS) is 10.4. The van der Waals surface area contributed by atoms with E-state index in [9.17, 15) is 4.39 Å². The highest BCUT2D eigenvalue weighted by Crippen LogP contribution is 2.10. The molecule has 1 aromatic heterocycles. The zero-order valence-corrected chi connectivity index (χ0v) is 8.91. The maximum Gasteiger partial charge on any atom is 0.177 e. The number of imidazole rings is 1.